The highest BCUT2D eigenvalue weighted by Gasteiger charge is 2.11. The molecule has 2 amide bonds. The van der Waals surface area contributed by atoms with E-state index in [9.17, 15) is 4.79 Å². The number of nitrogens with zero attached hydrogens (tertiary/aromatic N) is 1. The number of primary amides is 1. The van der Waals surface area contributed by atoms with Crippen LogP contribution in [0.25, 0.3) is 6.08 Å². The van der Waals surface area contributed by atoms with E-state index in [4.69, 9.17) is 15.4 Å². The molecule has 1 atom stereocenters. The minimum Gasteiger partial charge on any atom is -0.462 e. The van der Waals surface area contributed by atoms with Gasteiger partial charge in [0.1, 0.15) is 11.5 Å². The van der Waals surface area contributed by atoms with Crippen LogP contribution in [0.5, 0.6) is 0 Å². The second-order valence-electron chi connectivity index (χ2n) is 3.23. The molecule has 1 rings (SSSR count). The summed E-state index contributed by atoms with van der Waals surface area (Å²) in [6, 6.07) is 2.25. The summed E-state index contributed by atoms with van der Waals surface area (Å²) in [7, 11) is 0. The number of carbonyl (C=O) groups excluding carboxylic acids is 1. The molecule has 0 fully saturated rings. The number of amides is 2. The van der Waals surface area contributed by atoms with E-state index in [1.165, 1.54) is 0 Å². The molecule has 0 saturated heterocycles. The molecule has 1 aromatic heterocycles. The van der Waals surface area contributed by atoms with E-state index in [0.29, 0.717) is 10.8 Å². The number of furan rings is 1. The molecule has 82 valence electrons. The van der Waals surface area contributed by atoms with Crippen LogP contribution in [0.2, 0.25) is 0 Å². The Morgan fingerprint density at radius 2 is 2.33 bits per heavy atom. The molecule has 5 nitrogen and oxygen atoms in total. The van der Waals surface area contributed by atoms with Gasteiger partial charge >= 0.3 is 6.03 Å². The van der Waals surface area contributed by atoms with Crippen LogP contribution < -0.4 is 5.73 Å². The number of nitrogens with two attached hydrogens (primary N) is 1. The van der Waals surface area contributed by atoms with Gasteiger partial charge in [-0.1, -0.05) is 6.08 Å². The normalized spacial score (nSPS) is 13.0. The fourth-order valence-corrected chi connectivity index (χ4v) is 1.06. The van der Waals surface area contributed by atoms with Crippen molar-refractivity contribution in [1.82, 2.24) is 5.06 Å². The lowest BCUT2D eigenvalue weighted by molar-refractivity contribution is -0.0560. The first-order valence-corrected chi connectivity index (χ1v) is 4.53. The van der Waals surface area contributed by atoms with Gasteiger partial charge in [-0.25, -0.2) is 4.79 Å². The molecule has 0 aromatic carbocycles. The zero-order chi connectivity index (χ0) is 11.4. The molecule has 0 saturated carbocycles. The number of carbonyl (C=O) groups is 1. The third kappa shape index (κ3) is 3.14. The van der Waals surface area contributed by atoms with E-state index in [2.05, 4.69) is 0 Å². The Bertz CT molecular complexity index is 370. The van der Waals surface area contributed by atoms with Gasteiger partial charge in [0.2, 0.25) is 0 Å². The fraction of sp³-hybridized carbons (Fsp3) is 0.300. The summed E-state index contributed by atoms with van der Waals surface area (Å²) in [6.07, 6.45) is 3.28. The van der Waals surface area contributed by atoms with Crippen molar-refractivity contribution in [2.75, 3.05) is 0 Å². The first-order chi connectivity index (χ1) is 7.00. The molecule has 1 aromatic rings. The number of urea groups is 1. The predicted molar refractivity (Wildman–Crippen MR) is 55.1 cm³/mol. The zero-order valence-corrected chi connectivity index (χ0v) is 8.68. The Morgan fingerprint density at radius 3 is 2.80 bits per heavy atom. The number of hydrogen-bond donors (Lipinski definition) is 2. The maximum absolute atomic E-state index is 10.6. The maximum atomic E-state index is 10.6. The molecule has 0 aliphatic carbocycles. The minimum absolute atomic E-state index is 0.451. The lowest BCUT2D eigenvalue weighted by atomic mass is 10.3. The second kappa shape index (κ2) is 4.65. The van der Waals surface area contributed by atoms with E-state index in [-0.39, 0.29) is 0 Å². The summed E-state index contributed by atoms with van der Waals surface area (Å²) in [5.74, 6) is 1.47. The van der Waals surface area contributed by atoms with Gasteiger partial charge in [-0.05, 0) is 32.1 Å². The molecule has 0 spiro atoms. The SMILES string of the molecule is Cc1ccc(/C=C/C(C)N(O)C(N)=O)o1. The summed E-state index contributed by atoms with van der Waals surface area (Å²) in [5.41, 5.74) is 4.89. The molecule has 1 heterocycles. The molecule has 15 heavy (non-hydrogen) atoms. The topological polar surface area (TPSA) is 79.7 Å². The lowest BCUT2D eigenvalue weighted by Gasteiger charge is -2.16. The molecule has 0 aliphatic rings. The summed E-state index contributed by atoms with van der Waals surface area (Å²) in [4.78, 5) is 10.6. The Kier molecular flexibility index (Phi) is 3.51. The summed E-state index contributed by atoms with van der Waals surface area (Å²) in [6.45, 7) is 3.47. The minimum atomic E-state index is -0.886. The van der Waals surface area contributed by atoms with Crippen LogP contribution in [0.4, 0.5) is 4.79 Å². The Morgan fingerprint density at radius 1 is 1.67 bits per heavy atom. The standard InChI is InChI=1S/C10H14N2O3/c1-7(12(14)10(11)13)3-5-9-6-4-8(2)15-9/h3-7,14H,1-2H3,(H2,11,13)/b5-3+. The van der Waals surface area contributed by atoms with Crippen molar-refractivity contribution >= 4 is 12.1 Å². The predicted octanol–water partition coefficient (Wildman–Crippen LogP) is 1.76. The Balaban J connectivity index is 2.61. The van der Waals surface area contributed by atoms with Gasteiger partial charge in [-0.2, -0.15) is 5.06 Å². The van der Waals surface area contributed by atoms with Crippen LogP contribution in [-0.2, 0) is 0 Å². The number of hydroxylamine groups is 2. The van der Waals surface area contributed by atoms with Crippen LogP contribution in [0.3, 0.4) is 0 Å². The smallest absolute Gasteiger partial charge is 0.339 e. The molecular formula is C10H14N2O3. The first-order valence-electron chi connectivity index (χ1n) is 4.53. The quantitative estimate of drug-likeness (QED) is 0.589. The van der Waals surface area contributed by atoms with E-state index in [1.54, 1.807) is 25.1 Å². The maximum Gasteiger partial charge on any atom is 0.339 e. The average Bonchev–Trinajstić information content (AvgIpc) is 2.59. The van der Waals surface area contributed by atoms with Crippen molar-refractivity contribution in [3.8, 4) is 0 Å². The highest BCUT2D eigenvalue weighted by atomic mass is 16.5. The van der Waals surface area contributed by atoms with Gasteiger partial charge < -0.3 is 10.2 Å². The summed E-state index contributed by atoms with van der Waals surface area (Å²) < 4.78 is 5.27. The van der Waals surface area contributed by atoms with Crippen LogP contribution in [0.1, 0.15) is 18.4 Å². The van der Waals surface area contributed by atoms with Crippen molar-refractivity contribution in [2.24, 2.45) is 5.73 Å². The van der Waals surface area contributed by atoms with E-state index < -0.39 is 12.1 Å². The van der Waals surface area contributed by atoms with E-state index >= 15 is 0 Å². The average molecular weight is 210 g/mol. The van der Waals surface area contributed by atoms with Crippen molar-refractivity contribution in [3.63, 3.8) is 0 Å². The highest BCUT2D eigenvalue weighted by molar-refractivity contribution is 5.71. The van der Waals surface area contributed by atoms with Crippen molar-refractivity contribution in [2.45, 2.75) is 19.9 Å². The summed E-state index contributed by atoms with van der Waals surface area (Å²) in [5, 5.41) is 9.61. The van der Waals surface area contributed by atoms with Gasteiger partial charge in [-0.3, -0.25) is 5.21 Å². The fourth-order valence-electron chi connectivity index (χ4n) is 1.06. The molecule has 1 unspecified atom stereocenters. The molecule has 0 radical (unpaired) electrons. The van der Waals surface area contributed by atoms with Crippen LogP contribution in [0.15, 0.2) is 22.6 Å². The van der Waals surface area contributed by atoms with Crippen LogP contribution in [-0.4, -0.2) is 22.3 Å². The molecular weight excluding hydrogens is 196 g/mol. The van der Waals surface area contributed by atoms with Gasteiger partial charge in [-0.15, -0.1) is 0 Å². The van der Waals surface area contributed by atoms with Crippen molar-refractivity contribution in [3.05, 3.63) is 29.7 Å². The monoisotopic (exact) mass is 210 g/mol. The zero-order valence-electron chi connectivity index (χ0n) is 8.68. The Hall–Kier alpha value is -1.75. The van der Waals surface area contributed by atoms with Gasteiger partial charge in [0, 0.05) is 0 Å². The Labute approximate surface area is 87.7 Å². The number of aryl methyl sites for hydroxylation is 1. The number of hydrogen-bond acceptors (Lipinski definition) is 3. The third-order valence-corrected chi connectivity index (χ3v) is 1.91. The summed E-state index contributed by atoms with van der Waals surface area (Å²) >= 11 is 0. The lowest BCUT2D eigenvalue weighted by Crippen LogP contribution is -2.38. The molecule has 0 bridgehead atoms. The largest absolute Gasteiger partial charge is 0.462 e. The van der Waals surface area contributed by atoms with Gasteiger partial charge in [0.05, 0.1) is 6.04 Å². The molecule has 0 aliphatic heterocycles. The molecule has 5 heteroatoms. The van der Waals surface area contributed by atoms with Gasteiger partial charge in [0.15, 0.2) is 0 Å². The highest BCUT2D eigenvalue weighted by Crippen LogP contribution is 2.09. The first kappa shape index (κ1) is 11.3. The van der Waals surface area contributed by atoms with E-state index in [1.807, 2.05) is 13.0 Å². The molecule has 3 N–H and O–H groups in total. The van der Waals surface area contributed by atoms with Crippen LogP contribution >= 0.6 is 0 Å². The van der Waals surface area contributed by atoms with Crippen LogP contribution in [0, 0.1) is 6.92 Å². The van der Waals surface area contributed by atoms with E-state index in [0.717, 1.165) is 5.76 Å². The number of rotatable bonds is 3. The second-order valence-corrected chi connectivity index (χ2v) is 3.23. The van der Waals surface area contributed by atoms with Crippen molar-refractivity contribution in [1.29, 1.82) is 0 Å². The van der Waals surface area contributed by atoms with Crippen molar-refractivity contribution < 1.29 is 14.4 Å². The van der Waals surface area contributed by atoms with Gasteiger partial charge in [0.25, 0.3) is 0 Å². The third-order valence-electron chi connectivity index (χ3n) is 1.91.